The summed E-state index contributed by atoms with van der Waals surface area (Å²) in [6, 6.07) is 28.9. The minimum Gasteiger partial charge on any atom is -0.388 e. The molecule has 0 amide bonds. The van der Waals surface area contributed by atoms with Gasteiger partial charge in [-0.25, -0.2) is 8.57 Å². The first-order valence-electron chi connectivity index (χ1n) is 9.01. The number of hydrogen-bond donors (Lipinski definition) is 1. The molecule has 3 aromatic rings. The molecule has 0 aliphatic carbocycles. The largest absolute Gasteiger partial charge is 0.388 e. The second-order valence-corrected chi connectivity index (χ2v) is 9.24. The zero-order valence-electron chi connectivity index (χ0n) is 15.5. The molecule has 1 atom stereocenters. The lowest BCUT2D eigenvalue weighted by atomic mass is 9.89. The van der Waals surface area contributed by atoms with Crippen LogP contribution in [0.25, 0.3) is 0 Å². The minimum absolute atomic E-state index is 0.0876. The van der Waals surface area contributed by atoms with E-state index in [9.17, 15) is 9.32 Å². The van der Waals surface area contributed by atoms with E-state index in [1.165, 1.54) is 0 Å². The van der Waals surface area contributed by atoms with Crippen LogP contribution >= 0.6 is 0 Å². The molecule has 0 spiro atoms. The molecule has 0 bridgehead atoms. The molecule has 0 heterocycles. The molecule has 0 aromatic heterocycles. The Morgan fingerprint density at radius 3 is 1.59 bits per heavy atom. The van der Waals surface area contributed by atoms with Crippen LogP contribution in [0.5, 0.6) is 0 Å². The summed E-state index contributed by atoms with van der Waals surface area (Å²) in [5.74, 6) is 0.0876. The lowest BCUT2D eigenvalue weighted by Crippen LogP contribution is -2.41. The normalized spacial score (nSPS) is 13.7. The van der Waals surface area contributed by atoms with Crippen molar-refractivity contribution in [2.24, 2.45) is 4.36 Å². The van der Waals surface area contributed by atoms with Gasteiger partial charge in [0.15, 0.2) is 0 Å². The van der Waals surface area contributed by atoms with Crippen molar-refractivity contribution in [3.8, 4) is 0 Å². The number of hydrogen-bond acceptors (Lipinski definition) is 3. The smallest absolute Gasteiger partial charge is 0.0854 e. The van der Waals surface area contributed by atoms with Crippen LogP contribution in [0.3, 0.4) is 0 Å². The Kier molecular flexibility index (Phi) is 6.09. The topological polar surface area (TPSA) is 49.7 Å². The molecule has 1 N–H and O–H groups in total. The van der Waals surface area contributed by atoms with Crippen molar-refractivity contribution < 1.29 is 9.32 Å². The minimum atomic E-state index is -2.73. The third kappa shape index (κ3) is 5.06. The Morgan fingerprint density at radius 2 is 1.19 bits per heavy atom. The lowest BCUT2D eigenvalue weighted by molar-refractivity contribution is 0.0647. The average molecular weight is 380 g/mol. The molecular formula is C23H25NO2S. The fraction of sp³-hybridized carbons (Fsp3) is 0.217. The van der Waals surface area contributed by atoms with Crippen molar-refractivity contribution >= 4 is 9.73 Å². The first kappa shape index (κ1) is 19.3. The van der Waals surface area contributed by atoms with E-state index in [2.05, 4.69) is 4.36 Å². The van der Waals surface area contributed by atoms with E-state index in [4.69, 9.17) is 0 Å². The number of rotatable bonds is 7. The van der Waals surface area contributed by atoms with Gasteiger partial charge in [-0.15, -0.1) is 0 Å². The molecule has 140 valence electrons. The number of nitrogens with zero attached hydrogens (tertiary/aromatic N) is 1. The van der Waals surface area contributed by atoms with E-state index in [1.54, 1.807) is 7.05 Å². The molecular weight excluding hydrogens is 354 g/mol. The molecule has 27 heavy (non-hydrogen) atoms. The molecule has 0 fully saturated rings. The number of benzene rings is 3. The second-order valence-electron chi connectivity index (χ2n) is 6.83. The van der Waals surface area contributed by atoms with Crippen LogP contribution in [-0.2, 0) is 22.6 Å². The highest BCUT2D eigenvalue weighted by atomic mass is 32.2. The molecule has 3 nitrogen and oxygen atoms in total. The van der Waals surface area contributed by atoms with Crippen molar-refractivity contribution in [2.45, 2.75) is 23.3 Å². The fourth-order valence-corrected chi connectivity index (χ4v) is 5.39. The monoisotopic (exact) mass is 379 g/mol. The Bertz CT molecular complexity index is 922. The van der Waals surface area contributed by atoms with Crippen LogP contribution in [0.2, 0.25) is 0 Å². The molecule has 3 rings (SSSR count). The third-order valence-electron chi connectivity index (χ3n) is 4.62. The first-order chi connectivity index (χ1) is 13.0. The summed E-state index contributed by atoms with van der Waals surface area (Å²) in [7, 11) is -1.16. The van der Waals surface area contributed by atoms with Crippen LogP contribution in [0.4, 0.5) is 0 Å². The molecule has 0 saturated heterocycles. The predicted molar refractivity (Wildman–Crippen MR) is 111 cm³/mol. The Morgan fingerprint density at radius 1 is 0.778 bits per heavy atom. The molecule has 0 aliphatic rings. The van der Waals surface area contributed by atoms with Crippen molar-refractivity contribution in [2.75, 3.05) is 12.8 Å². The summed E-state index contributed by atoms with van der Waals surface area (Å²) >= 11 is 0. The van der Waals surface area contributed by atoms with Gasteiger partial charge in [0.1, 0.15) is 0 Å². The zero-order chi connectivity index (χ0) is 19.2. The van der Waals surface area contributed by atoms with Gasteiger partial charge in [-0.3, -0.25) is 0 Å². The van der Waals surface area contributed by atoms with Crippen molar-refractivity contribution in [1.29, 1.82) is 0 Å². The van der Waals surface area contributed by atoms with Crippen molar-refractivity contribution in [3.63, 3.8) is 0 Å². The van der Waals surface area contributed by atoms with Gasteiger partial charge in [0, 0.05) is 24.8 Å². The van der Waals surface area contributed by atoms with E-state index in [-0.39, 0.29) is 5.75 Å². The summed E-state index contributed by atoms with van der Waals surface area (Å²) in [5.41, 5.74) is 0.860. The SMILES string of the molecule is CN=[S@](=O)(CC(O)(Cc1ccccc1)Cc1ccccc1)c1ccccc1. The molecule has 0 radical (unpaired) electrons. The summed E-state index contributed by atoms with van der Waals surface area (Å²) in [5, 5.41) is 11.6. The van der Waals surface area contributed by atoms with Crippen LogP contribution in [0, 0.1) is 0 Å². The van der Waals surface area contributed by atoms with E-state index >= 15 is 0 Å². The third-order valence-corrected chi connectivity index (χ3v) is 7.15. The quantitative estimate of drug-likeness (QED) is 0.663. The maximum Gasteiger partial charge on any atom is 0.0854 e. The molecule has 4 heteroatoms. The Balaban J connectivity index is 1.97. The summed E-state index contributed by atoms with van der Waals surface area (Å²) < 4.78 is 17.9. The molecule has 0 saturated carbocycles. The summed E-state index contributed by atoms with van der Waals surface area (Å²) in [4.78, 5) is 0.659. The van der Waals surface area contributed by atoms with Crippen molar-refractivity contribution in [3.05, 3.63) is 102 Å². The van der Waals surface area contributed by atoms with Gasteiger partial charge in [-0.1, -0.05) is 78.9 Å². The van der Waals surface area contributed by atoms with Crippen LogP contribution in [0.1, 0.15) is 11.1 Å². The predicted octanol–water partition coefficient (Wildman–Crippen LogP) is 4.36. The molecule has 0 aliphatic heterocycles. The first-order valence-corrected chi connectivity index (χ1v) is 10.7. The maximum absolute atomic E-state index is 13.6. The highest BCUT2D eigenvalue weighted by Gasteiger charge is 2.33. The zero-order valence-corrected chi connectivity index (χ0v) is 16.3. The van der Waals surface area contributed by atoms with Gasteiger partial charge >= 0.3 is 0 Å². The maximum atomic E-state index is 13.6. The highest BCUT2D eigenvalue weighted by Crippen LogP contribution is 2.26. The van der Waals surface area contributed by atoms with Gasteiger partial charge in [0.2, 0.25) is 0 Å². The van der Waals surface area contributed by atoms with Crippen LogP contribution in [0.15, 0.2) is 100 Å². The van der Waals surface area contributed by atoms with Gasteiger partial charge in [-0.05, 0) is 23.3 Å². The highest BCUT2D eigenvalue weighted by molar-refractivity contribution is 7.93. The lowest BCUT2D eigenvalue weighted by Gasteiger charge is -2.30. The molecule has 3 aromatic carbocycles. The van der Waals surface area contributed by atoms with Crippen LogP contribution in [-0.4, -0.2) is 27.7 Å². The van der Waals surface area contributed by atoms with Gasteiger partial charge in [0.25, 0.3) is 0 Å². The van der Waals surface area contributed by atoms with Crippen molar-refractivity contribution in [1.82, 2.24) is 0 Å². The van der Waals surface area contributed by atoms with E-state index in [1.807, 2.05) is 91.0 Å². The molecule has 0 unspecified atom stereocenters. The fourth-order valence-electron chi connectivity index (χ4n) is 3.37. The summed E-state index contributed by atoms with van der Waals surface area (Å²) in [6.07, 6.45) is 0.837. The number of aliphatic hydroxyl groups is 1. The van der Waals surface area contributed by atoms with E-state index < -0.39 is 15.3 Å². The standard InChI is InChI=1S/C23H25NO2S/c1-24-27(26,22-15-9-4-10-16-22)19-23(25,17-20-11-5-2-6-12-20)18-21-13-7-3-8-14-21/h2-16,25H,17-19H2,1H3/t27-/m0/s1. The van der Waals surface area contributed by atoms with Gasteiger partial charge in [0.05, 0.1) is 21.1 Å². The second kappa shape index (κ2) is 8.51. The Hall–Kier alpha value is -2.43. The van der Waals surface area contributed by atoms with Gasteiger partial charge in [-0.2, -0.15) is 0 Å². The average Bonchev–Trinajstić information content (AvgIpc) is 2.70. The van der Waals surface area contributed by atoms with E-state index in [0.29, 0.717) is 17.7 Å². The Labute approximate surface area is 161 Å². The van der Waals surface area contributed by atoms with Crippen LogP contribution < -0.4 is 0 Å². The van der Waals surface area contributed by atoms with E-state index in [0.717, 1.165) is 11.1 Å². The summed E-state index contributed by atoms with van der Waals surface area (Å²) in [6.45, 7) is 0. The van der Waals surface area contributed by atoms with Gasteiger partial charge < -0.3 is 5.11 Å².